The second-order valence-corrected chi connectivity index (χ2v) is 5.04. The van der Waals surface area contributed by atoms with Gasteiger partial charge in [0.2, 0.25) is 0 Å². The van der Waals surface area contributed by atoms with Gasteiger partial charge in [0.05, 0.1) is 17.4 Å². The Bertz CT molecular complexity index is 688. The largest absolute Gasteiger partial charge is 0.351 e. The van der Waals surface area contributed by atoms with Crippen LogP contribution in [0.3, 0.4) is 0 Å². The smallest absolute Gasteiger partial charge is 0.273 e. The van der Waals surface area contributed by atoms with E-state index in [2.05, 4.69) is 20.8 Å². The Morgan fingerprint density at radius 2 is 1.83 bits per heavy atom. The molecule has 23 heavy (non-hydrogen) atoms. The van der Waals surface area contributed by atoms with Crippen molar-refractivity contribution in [2.75, 3.05) is 11.9 Å². The topological polar surface area (TPSA) is 93.8 Å². The summed E-state index contributed by atoms with van der Waals surface area (Å²) in [5.74, 6) is -0.608. The van der Waals surface area contributed by atoms with E-state index in [0.29, 0.717) is 30.9 Å². The third kappa shape index (κ3) is 3.97. The van der Waals surface area contributed by atoms with Gasteiger partial charge < -0.3 is 10.6 Å². The fourth-order valence-corrected chi connectivity index (χ4v) is 2.01. The van der Waals surface area contributed by atoms with Crippen molar-refractivity contribution in [2.45, 2.75) is 40.3 Å². The van der Waals surface area contributed by atoms with Crippen molar-refractivity contribution in [2.24, 2.45) is 0 Å². The number of hydrogen-bond acceptors (Lipinski definition) is 4. The number of carbonyl (C=O) groups excluding carboxylic acids is 2. The monoisotopic (exact) mass is 318 g/mol. The molecule has 2 aromatic heterocycles. The Morgan fingerprint density at radius 3 is 2.43 bits per heavy atom. The molecule has 2 heterocycles. The predicted octanol–water partition coefficient (Wildman–Crippen LogP) is 1.51. The molecule has 2 amide bonds. The van der Waals surface area contributed by atoms with Gasteiger partial charge in [-0.2, -0.15) is 10.2 Å². The molecular formula is C15H22N6O2. The molecule has 2 rings (SSSR count). The molecule has 0 unspecified atom stereocenters. The Kier molecular flexibility index (Phi) is 5.51. The number of rotatable bonds is 7. The molecular weight excluding hydrogens is 296 g/mol. The molecule has 0 saturated heterocycles. The van der Waals surface area contributed by atoms with Crippen LogP contribution in [0.1, 0.15) is 48.0 Å². The van der Waals surface area contributed by atoms with Gasteiger partial charge in [0, 0.05) is 32.0 Å². The molecule has 8 nitrogen and oxygen atoms in total. The van der Waals surface area contributed by atoms with Crippen LogP contribution in [0.15, 0.2) is 18.6 Å². The maximum atomic E-state index is 12.3. The number of hydrogen-bond donors (Lipinski definition) is 2. The number of amides is 2. The van der Waals surface area contributed by atoms with Gasteiger partial charge in [-0.1, -0.05) is 6.92 Å². The lowest BCUT2D eigenvalue weighted by Crippen LogP contribution is -2.26. The maximum absolute atomic E-state index is 12.3. The molecule has 0 aromatic carbocycles. The molecule has 0 fully saturated rings. The number of aromatic nitrogens is 4. The fourth-order valence-electron chi connectivity index (χ4n) is 2.01. The summed E-state index contributed by atoms with van der Waals surface area (Å²) in [6.07, 6.45) is 5.65. The minimum Gasteiger partial charge on any atom is -0.351 e. The first kappa shape index (κ1) is 16.7. The van der Waals surface area contributed by atoms with Crippen molar-refractivity contribution in [3.63, 3.8) is 0 Å². The molecule has 124 valence electrons. The van der Waals surface area contributed by atoms with E-state index in [1.807, 2.05) is 20.8 Å². The van der Waals surface area contributed by atoms with Crippen molar-refractivity contribution in [1.29, 1.82) is 0 Å². The molecule has 0 aliphatic rings. The standard InChI is InChI=1S/C15H22N6O2/c1-4-7-16-15(23)13-12(10-21(6-3)19-13)18-14(22)11-8-17-20(5-2)9-11/h8-10H,4-7H2,1-3H3,(H,16,23)(H,18,22). The van der Waals surface area contributed by atoms with E-state index in [9.17, 15) is 9.59 Å². The molecule has 0 aliphatic heterocycles. The van der Waals surface area contributed by atoms with Crippen LogP contribution in [0.5, 0.6) is 0 Å². The Hall–Kier alpha value is -2.64. The number of nitrogens with one attached hydrogen (secondary N) is 2. The van der Waals surface area contributed by atoms with Gasteiger partial charge in [-0.05, 0) is 20.3 Å². The third-order valence-electron chi connectivity index (χ3n) is 3.30. The van der Waals surface area contributed by atoms with Crippen LogP contribution in [-0.4, -0.2) is 37.9 Å². The minimum absolute atomic E-state index is 0.219. The van der Waals surface area contributed by atoms with E-state index in [-0.39, 0.29) is 17.5 Å². The number of nitrogens with zero attached hydrogens (tertiary/aromatic N) is 4. The maximum Gasteiger partial charge on any atom is 0.273 e. The second kappa shape index (κ2) is 7.57. The summed E-state index contributed by atoms with van der Waals surface area (Å²) in [4.78, 5) is 24.5. The van der Waals surface area contributed by atoms with Crippen molar-refractivity contribution < 1.29 is 9.59 Å². The normalized spacial score (nSPS) is 10.6. The zero-order chi connectivity index (χ0) is 16.8. The summed E-state index contributed by atoms with van der Waals surface area (Å²) in [6, 6.07) is 0. The first-order valence-electron chi connectivity index (χ1n) is 7.78. The molecule has 0 aliphatic carbocycles. The fraction of sp³-hybridized carbons (Fsp3) is 0.467. The molecule has 0 bridgehead atoms. The van der Waals surface area contributed by atoms with Gasteiger partial charge in [-0.25, -0.2) is 0 Å². The van der Waals surface area contributed by atoms with Crippen molar-refractivity contribution in [1.82, 2.24) is 24.9 Å². The van der Waals surface area contributed by atoms with Gasteiger partial charge in [0.15, 0.2) is 5.69 Å². The van der Waals surface area contributed by atoms with Crippen molar-refractivity contribution >= 4 is 17.5 Å². The lowest BCUT2D eigenvalue weighted by atomic mass is 10.3. The first-order chi connectivity index (χ1) is 11.1. The molecule has 8 heteroatoms. The highest BCUT2D eigenvalue weighted by Crippen LogP contribution is 2.15. The first-order valence-corrected chi connectivity index (χ1v) is 7.78. The lowest BCUT2D eigenvalue weighted by molar-refractivity contribution is 0.0948. The van der Waals surface area contributed by atoms with Crippen LogP contribution in [-0.2, 0) is 13.1 Å². The summed E-state index contributed by atoms with van der Waals surface area (Å²) in [5.41, 5.74) is 1.06. The van der Waals surface area contributed by atoms with E-state index in [1.165, 1.54) is 6.20 Å². The van der Waals surface area contributed by atoms with Gasteiger partial charge in [-0.3, -0.25) is 19.0 Å². The van der Waals surface area contributed by atoms with Crippen molar-refractivity contribution in [3.8, 4) is 0 Å². The predicted molar refractivity (Wildman–Crippen MR) is 86.4 cm³/mol. The highest BCUT2D eigenvalue weighted by Gasteiger charge is 2.19. The number of carbonyl (C=O) groups is 2. The Morgan fingerprint density at radius 1 is 1.09 bits per heavy atom. The van der Waals surface area contributed by atoms with E-state index >= 15 is 0 Å². The molecule has 0 spiro atoms. The Labute approximate surface area is 134 Å². The van der Waals surface area contributed by atoms with Crippen LogP contribution >= 0.6 is 0 Å². The molecule has 2 aromatic rings. The van der Waals surface area contributed by atoms with E-state index in [4.69, 9.17) is 0 Å². The summed E-state index contributed by atoms with van der Waals surface area (Å²) in [7, 11) is 0. The average Bonchev–Trinajstić information content (AvgIpc) is 3.19. The lowest BCUT2D eigenvalue weighted by Gasteiger charge is -2.04. The molecule has 0 saturated carbocycles. The van der Waals surface area contributed by atoms with Crippen LogP contribution in [0, 0.1) is 0 Å². The third-order valence-corrected chi connectivity index (χ3v) is 3.30. The minimum atomic E-state index is -0.315. The van der Waals surface area contributed by atoms with Crippen LogP contribution in [0.2, 0.25) is 0 Å². The summed E-state index contributed by atoms with van der Waals surface area (Å²) in [5, 5.41) is 13.8. The quantitative estimate of drug-likeness (QED) is 0.809. The molecule has 0 atom stereocenters. The number of aryl methyl sites for hydroxylation is 2. The average molecular weight is 318 g/mol. The van der Waals surface area contributed by atoms with Crippen LogP contribution in [0.25, 0.3) is 0 Å². The van der Waals surface area contributed by atoms with Gasteiger partial charge in [0.25, 0.3) is 11.8 Å². The van der Waals surface area contributed by atoms with Crippen LogP contribution < -0.4 is 10.6 Å². The van der Waals surface area contributed by atoms with E-state index in [0.717, 1.165) is 6.42 Å². The summed E-state index contributed by atoms with van der Waals surface area (Å²) in [6.45, 7) is 7.69. The number of anilines is 1. The summed E-state index contributed by atoms with van der Waals surface area (Å²) >= 11 is 0. The van der Waals surface area contributed by atoms with Crippen molar-refractivity contribution in [3.05, 3.63) is 29.8 Å². The van der Waals surface area contributed by atoms with Crippen LogP contribution in [0.4, 0.5) is 5.69 Å². The highest BCUT2D eigenvalue weighted by molar-refractivity contribution is 6.08. The zero-order valence-corrected chi connectivity index (χ0v) is 13.7. The SMILES string of the molecule is CCCNC(=O)c1nn(CC)cc1NC(=O)c1cnn(CC)c1. The van der Waals surface area contributed by atoms with Gasteiger partial charge in [-0.15, -0.1) is 0 Å². The summed E-state index contributed by atoms with van der Waals surface area (Å²) < 4.78 is 3.28. The van der Waals surface area contributed by atoms with Gasteiger partial charge >= 0.3 is 0 Å². The van der Waals surface area contributed by atoms with E-state index < -0.39 is 0 Å². The molecule has 2 N–H and O–H groups in total. The Balaban J connectivity index is 2.19. The highest BCUT2D eigenvalue weighted by atomic mass is 16.2. The van der Waals surface area contributed by atoms with Gasteiger partial charge in [0.1, 0.15) is 0 Å². The van der Waals surface area contributed by atoms with E-state index in [1.54, 1.807) is 21.8 Å². The molecule has 0 radical (unpaired) electrons. The second-order valence-electron chi connectivity index (χ2n) is 5.04. The zero-order valence-electron chi connectivity index (χ0n) is 13.7.